The third-order valence-electron chi connectivity index (χ3n) is 1.99. The highest BCUT2D eigenvalue weighted by Gasteiger charge is 2.10. The van der Waals surface area contributed by atoms with Crippen LogP contribution in [-0.2, 0) is 9.90 Å². The zero-order chi connectivity index (χ0) is 10.7. The molecule has 0 saturated heterocycles. The van der Waals surface area contributed by atoms with Gasteiger partial charge in [-0.15, -0.1) is 0 Å². The van der Waals surface area contributed by atoms with Gasteiger partial charge in [-0.3, -0.25) is 5.11 Å². The maximum absolute atomic E-state index is 11.5. The normalized spacial score (nSPS) is 9.86. The summed E-state index contributed by atoms with van der Waals surface area (Å²) in [6.07, 6.45) is 0. The van der Waals surface area contributed by atoms with Crippen LogP contribution in [-0.4, -0.2) is 17.7 Å². The van der Waals surface area contributed by atoms with E-state index in [1.165, 1.54) is 6.07 Å². The van der Waals surface area contributed by atoms with Gasteiger partial charge in [0, 0.05) is 5.56 Å². The van der Waals surface area contributed by atoms with Crippen LogP contribution < -0.4 is 4.74 Å². The summed E-state index contributed by atoms with van der Waals surface area (Å²) in [5.74, 6) is -1.25. The third kappa shape index (κ3) is 2.16. The van der Waals surface area contributed by atoms with Gasteiger partial charge < -0.3 is 9.84 Å². The lowest BCUT2D eigenvalue weighted by molar-refractivity contribution is -0.139. The van der Waals surface area contributed by atoms with Gasteiger partial charge in [-0.2, -0.15) is 0 Å². The Labute approximate surface area is 81.8 Å². The van der Waals surface area contributed by atoms with Gasteiger partial charge in [0.25, 0.3) is 0 Å². The number of aryl methyl sites for hydroxylation is 1. The Hall–Kier alpha value is -1.71. The molecular weight excluding hydrogens is 184 g/mol. The highest BCUT2D eigenvalue weighted by Crippen LogP contribution is 2.31. The molecule has 1 aromatic rings. The molecule has 1 radical (unpaired) electrons. The number of rotatable bonds is 3. The monoisotopic (exact) mass is 195 g/mol. The smallest absolute Gasteiger partial charge is 0.341 e. The van der Waals surface area contributed by atoms with Crippen molar-refractivity contribution in [1.29, 1.82) is 0 Å². The number of carboxylic acid groups (broad SMARTS) is 1. The fourth-order valence-corrected chi connectivity index (χ4v) is 1.02. The first kappa shape index (κ1) is 10.4. The van der Waals surface area contributed by atoms with Crippen molar-refractivity contribution >= 4 is 5.97 Å². The van der Waals surface area contributed by atoms with Crippen LogP contribution in [0.15, 0.2) is 12.1 Å². The fraction of sp³-hybridized carbons (Fsp3) is 0.300. The van der Waals surface area contributed by atoms with Crippen LogP contribution in [0.5, 0.6) is 11.5 Å². The van der Waals surface area contributed by atoms with E-state index in [2.05, 4.69) is 0 Å². The minimum atomic E-state index is -1.09. The summed E-state index contributed by atoms with van der Waals surface area (Å²) in [5, 5.41) is 19.8. The molecule has 1 N–H and O–H groups in total. The van der Waals surface area contributed by atoms with Crippen LogP contribution in [0, 0.1) is 13.8 Å². The number of benzene rings is 1. The minimum Gasteiger partial charge on any atom is -0.479 e. The van der Waals surface area contributed by atoms with Gasteiger partial charge >= 0.3 is 5.97 Å². The molecule has 0 heterocycles. The van der Waals surface area contributed by atoms with E-state index in [1.807, 2.05) is 6.92 Å². The summed E-state index contributed by atoms with van der Waals surface area (Å²) in [4.78, 5) is 10.2. The number of hydrogen-bond acceptors (Lipinski definition) is 2. The van der Waals surface area contributed by atoms with Gasteiger partial charge in [0.05, 0.1) is 0 Å². The van der Waals surface area contributed by atoms with Crippen molar-refractivity contribution in [3.63, 3.8) is 0 Å². The van der Waals surface area contributed by atoms with E-state index in [1.54, 1.807) is 13.0 Å². The molecule has 0 aliphatic heterocycles. The van der Waals surface area contributed by atoms with Crippen molar-refractivity contribution in [3.05, 3.63) is 23.3 Å². The van der Waals surface area contributed by atoms with Crippen LogP contribution in [0.4, 0.5) is 0 Å². The molecule has 0 aliphatic rings. The summed E-state index contributed by atoms with van der Waals surface area (Å²) < 4.78 is 4.82. The fourth-order valence-electron chi connectivity index (χ4n) is 1.02. The van der Waals surface area contributed by atoms with Gasteiger partial charge in [-0.1, -0.05) is 6.07 Å². The lowest BCUT2D eigenvalue weighted by Crippen LogP contribution is -2.09. The molecule has 0 saturated carbocycles. The number of hydrogen-bond donors (Lipinski definition) is 1. The average Bonchev–Trinajstić information content (AvgIpc) is 2.13. The van der Waals surface area contributed by atoms with Crippen molar-refractivity contribution < 1.29 is 19.7 Å². The lowest BCUT2D eigenvalue weighted by atomic mass is 10.1. The summed E-state index contributed by atoms with van der Waals surface area (Å²) in [7, 11) is 0. The first-order valence-electron chi connectivity index (χ1n) is 4.14. The molecule has 0 spiro atoms. The summed E-state index contributed by atoms with van der Waals surface area (Å²) in [5.41, 5.74) is 1.46. The molecule has 0 unspecified atom stereocenters. The Bertz CT molecular complexity index is 357. The minimum absolute atomic E-state index is 0.0931. The largest absolute Gasteiger partial charge is 0.479 e. The van der Waals surface area contributed by atoms with E-state index in [4.69, 9.17) is 9.84 Å². The molecule has 14 heavy (non-hydrogen) atoms. The van der Waals surface area contributed by atoms with E-state index >= 15 is 0 Å². The van der Waals surface area contributed by atoms with Crippen molar-refractivity contribution in [2.75, 3.05) is 6.61 Å². The first-order valence-corrected chi connectivity index (χ1v) is 4.14. The van der Waals surface area contributed by atoms with E-state index in [0.717, 1.165) is 5.56 Å². The Morgan fingerprint density at radius 3 is 2.64 bits per heavy atom. The number of carboxylic acids is 1. The van der Waals surface area contributed by atoms with E-state index in [-0.39, 0.29) is 11.5 Å². The predicted octanol–water partition coefficient (Wildman–Crippen LogP) is 1.91. The summed E-state index contributed by atoms with van der Waals surface area (Å²) >= 11 is 0. The Kier molecular flexibility index (Phi) is 2.96. The quantitative estimate of drug-likeness (QED) is 0.801. The van der Waals surface area contributed by atoms with Crippen LogP contribution in [0.2, 0.25) is 0 Å². The van der Waals surface area contributed by atoms with Gasteiger partial charge in [0.2, 0.25) is 5.75 Å². The van der Waals surface area contributed by atoms with Crippen molar-refractivity contribution in [1.82, 2.24) is 0 Å². The predicted molar refractivity (Wildman–Crippen MR) is 49.2 cm³/mol. The van der Waals surface area contributed by atoms with Crippen LogP contribution >= 0.6 is 0 Å². The molecule has 1 aromatic carbocycles. The third-order valence-corrected chi connectivity index (χ3v) is 1.99. The Morgan fingerprint density at radius 2 is 2.07 bits per heavy atom. The van der Waals surface area contributed by atoms with Crippen molar-refractivity contribution in [2.24, 2.45) is 0 Å². The molecule has 0 fully saturated rings. The van der Waals surface area contributed by atoms with Gasteiger partial charge in [-0.05, 0) is 25.5 Å². The number of carbonyl (C=O) groups is 1. The molecule has 0 amide bonds. The molecule has 1 rings (SSSR count). The van der Waals surface area contributed by atoms with Crippen molar-refractivity contribution in [2.45, 2.75) is 13.8 Å². The van der Waals surface area contributed by atoms with Gasteiger partial charge in [0.15, 0.2) is 12.4 Å². The lowest BCUT2D eigenvalue weighted by Gasteiger charge is -2.07. The van der Waals surface area contributed by atoms with E-state index < -0.39 is 12.6 Å². The second-order valence-electron chi connectivity index (χ2n) is 3.02. The Morgan fingerprint density at radius 1 is 1.43 bits per heavy atom. The van der Waals surface area contributed by atoms with E-state index in [9.17, 15) is 9.90 Å². The van der Waals surface area contributed by atoms with Crippen LogP contribution in [0.1, 0.15) is 11.1 Å². The maximum atomic E-state index is 11.5. The summed E-state index contributed by atoms with van der Waals surface area (Å²) in [6, 6.07) is 3.22. The zero-order valence-corrected chi connectivity index (χ0v) is 8.03. The number of ether oxygens (including phenoxy) is 1. The molecule has 0 atom stereocenters. The highest BCUT2D eigenvalue weighted by molar-refractivity contribution is 5.68. The standard InChI is InChI=1S/C10H11O4/c1-6-3-4-8(10(13)7(6)2)14-5-9(11)12/h3-4H,5H2,1-2H3,(H,11,12). The van der Waals surface area contributed by atoms with Gasteiger partial charge in [-0.25, -0.2) is 4.79 Å². The highest BCUT2D eigenvalue weighted by atomic mass is 16.5. The molecular formula is C10H11O4. The molecule has 4 nitrogen and oxygen atoms in total. The molecule has 75 valence electrons. The second-order valence-corrected chi connectivity index (χ2v) is 3.02. The average molecular weight is 195 g/mol. The van der Waals surface area contributed by atoms with Gasteiger partial charge in [0.1, 0.15) is 0 Å². The Balaban J connectivity index is 2.88. The first-order chi connectivity index (χ1) is 6.52. The molecule has 4 heteroatoms. The van der Waals surface area contributed by atoms with E-state index in [0.29, 0.717) is 5.56 Å². The van der Waals surface area contributed by atoms with Crippen LogP contribution in [0.3, 0.4) is 0 Å². The summed E-state index contributed by atoms with van der Waals surface area (Å²) in [6.45, 7) is 3.01. The molecule has 0 bridgehead atoms. The van der Waals surface area contributed by atoms with Crippen molar-refractivity contribution in [3.8, 4) is 11.5 Å². The topological polar surface area (TPSA) is 66.4 Å². The molecule has 0 aromatic heterocycles. The molecule has 0 aliphatic carbocycles. The second kappa shape index (κ2) is 4.00. The van der Waals surface area contributed by atoms with Crippen LogP contribution in [0.25, 0.3) is 0 Å². The zero-order valence-electron chi connectivity index (χ0n) is 8.03. The number of aliphatic carboxylic acids is 1. The maximum Gasteiger partial charge on any atom is 0.341 e. The SMILES string of the molecule is Cc1ccc(OCC(=O)O)c([O])c1C.